The summed E-state index contributed by atoms with van der Waals surface area (Å²) in [7, 11) is 1.71. The van der Waals surface area contributed by atoms with E-state index < -0.39 is 6.10 Å². The van der Waals surface area contributed by atoms with Gasteiger partial charge >= 0.3 is 0 Å². The van der Waals surface area contributed by atoms with Crippen LogP contribution in [0.4, 0.5) is 5.69 Å². The third kappa shape index (κ3) is 5.62. The van der Waals surface area contributed by atoms with E-state index in [9.17, 15) is 5.11 Å². The van der Waals surface area contributed by atoms with Crippen molar-refractivity contribution >= 4 is 5.69 Å². The Hall–Kier alpha value is -0.560. The summed E-state index contributed by atoms with van der Waals surface area (Å²) in [6, 6.07) is 8.14. The van der Waals surface area contributed by atoms with Crippen LogP contribution in [0.5, 0.6) is 5.75 Å². The molecule has 0 saturated carbocycles. The molecule has 0 bridgehead atoms. The van der Waals surface area contributed by atoms with Gasteiger partial charge in [-0.15, -0.1) is 0 Å². The molecule has 1 heterocycles. The van der Waals surface area contributed by atoms with Crippen molar-refractivity contribution in [2.45, 2.75) is 6.10 Å². The van der Waals surface area contributed by atoms with Crippen LogP contribution in [-0.2, 0) is 0 Å². The number of hydrogen-bond acceptors (Lipinski definition) is 3. The second kappa shape index (κ2) is 10.2. The molecule has 1 aromatic carbocycles. The average Bonchev–Trinajstić information content (AvgIpc) is 2.48. The molecule has 4 N–H and O–H groups in total. The Morgan fingerprint density at radius 1 is 1.14 bits per heavy atom. The molecule has 1 saturated heterocycles. The van der Waals surface area contributed by atoms with Crippen molar-refractivity contribution in [2.75, 3.05) is 46.4 Å². The Kier molecular flexibility index (Phi) is 9.94. The highest BCUT2D eigenvalue weighted by atomic mass is 35.5. The van der Waals surface area contributed by atoms with E-state index in [4.69, 9.17) is 9.84 Å². The smallest absolute Gasteiger partial charge is 0.179 e. The van der Waals surface area contributed by atoms with Crippen LogP contribution >= 0.6 is 0 Å². The summed E-state index contributed by atoms with van der Waals surface area (Å²) in [5.41, 5.74) is 1.21. The van der Waals surface area contributed by atoms with Gasteiger partial charge in [0, 0.05) is 6.07 Å². The van der Waals surface area contributed by atoms with Crippen LogP contribution in [0.25, 0.3) is 0 Å². The number of para-hydroxylation sites is 2. The summed E-state index contributed by atoms with van der Waals surface area (Å²) in [5, 5.41) is 18.4. The Bertz CT molecular complexity index is 402. The highest BCUT2D eigenvalue weighted by Gasteiger charge is 2.27. The lowest BCUT2D eigenvalue weighted by molar-refractivity contribution is -0.988. The number of quaternary nitrogens is 2. The molecule has 0 aromatic heterocycles. The number of halogens is 2. The van der Waals surface area contributed by atoms with E-state index in [1.165, 1.54) is 15.5 Å². The molecular formula is C14H24Cl2N2O3. The Labute approximate surface area is 138 Å². The fraction of sp³-hybridized carbons (Fsp3) is 0.571. The number of aliphatic hydroxyl groups excluding tert-OH is 2. The summed E-state index contributed by atoms with van der Waals surface area (Å²) >= 11 is 0. The topological polar surface area (TPSA) is 58.6 Å². The lowest BCUT2D eigenvalue weighted by atomic mass is 10.2. The number of hydrogen-bond donors (Lipinski definition) is 4. The minimum atomic E-state index is -0.595. The monoisotopic (exact) mass is 338 g/mol. The lowest BCUT2D eigenvalue weighted by Crippen LogP contribution is -3.26. The maximum Gasteiger partial charge on any atom is 0.179 e. The maximum absolute atomic E-state index is 9.48. The summed E-state index contributed by atoms with van der Waals surface area (Å²) in [6.45, 7) is 4.54. The van der Waals surface area contributed by atoms with Gasteiger partial charge in [-0.2, -0.15) is 0 Å². The SMILES string of the molecule is COc1ccccc1[NH+]1CC[NH+](CC(O)CO)CC1.[Cl-].[Cl-]. The Morgan fingerprint density at radius 2 is 1.76 bits per heavy atom. The molecule has 21 heavy (non-hydrogen) atoms. The highest BCUT2D eigenvalue weighted by molar-refractivity contribution is 5.45. The molecule has 1 unspecified atom stereocenters. The maximum atomic E-state index is 9.48. The first-order chi connectivity index (χ1) is 9.24. The van der Waals surface area contributed by atoms with Gasteiger partial charge in [0.15, 0.2) is 11.4 Å². The van der Waals surface area contributed by atoms with Crippen LogP contribution < -0.4 is 39.4 Å². The third-order valence-corrected chi connectivity index (χ3v) is 3.78. The van der Waals surface area contributed by atoms with Crippen molar-refractivity contribution in [3.63, 3.8) is 0 Å². The number of ether oxygens (including phenoxy) is 1. The Balaban J connectivity index is 0.00000200. The molecule has 1 atom stereocenters. The van der Waals surface area contributed by atoms with E-state index in [2.05, 4.69) is 6.07 Å². The van der Waals surface area contributed by atoms with Gasteiger partial charge in [-0.25, -0.2) is 0 Å². The zero-order valence-electron chi connectivity index (χ0n) is 12.2. The molecule has 2 rings (SSSR count). The fourth-order valence-corrected chi connectivity index (χ4v) is 2.71. The minimum absolute atomic E-state index is 0. The summed E-state index contributed by atoms with van der Waals surface area (Å²) < 4.78 is 5.41. The number of aliphatic hydroxyl groups is 2. The molecule has 0 amide bonds. The lowest BCUT2D eigenvalue weighted by Gasteiger charge is -2.30. The van der Waals surface area contributed by atoms with Crippen molar-refractivity contribution in [1.29, 1.82) is 0 Å². The number of benzene rings is 1. The highest BCUT2D eigenvalue weighted by Crippen LogP contribution is 2.18. The van der Waals surface area contributed by atoms with Crippen molar-refractivity contribution in [1.82, 2.24) is 0 Å². The van der Waals surface area contributed by atoms with Crippen molar-refractivity contribution in [3.8, 4) is 5.75 Å². The molecule has 0 aliphatic carbocycles. The largest absolute Gasteiger partial charge is 1.00 e. The third-order valence-electron chi connectivity index (χ3n) is 3.78. The standard InChI is InChI=1S/C14H22N2O3.2ClH/c1-19-14-5-3-2-4-13(14)16-8-6-15(7-9-16)10-12(18)11-17;;/h2-5,12,17-18H,6-11H2,1H3;2*1H. The Morgan fingerprint density at radius 3 is 2.33 bits per heavy atom. The molecule has 1 aromatic rings. The zero-order valence-corrected chi connectivity index (χ0v) is 13.7. The van der Waals surface area contributed by atoms with Gasteiger partial charge in [0.2, 0.25) is 0 Å². The first-order valence-electron chi connectivity index (χ1n) is 6.85. The van der Waals surface area contributed by atoms with E-state index in [-0.39, 0.29) is 31.4 Å². The predicted molar refractivity (Wildman–Crippen MR) is 72.0 cm³/mol. The zero-order chi connectivity index (χ0) is 13.7. The molecule has 5 nitrogen and oxygen atoms in total. The van der Waals surface area contributed by atoms with E-state index >= 15 is 0 Å². The molecule has 7 heteroatoms. The predicted octanol–water partition coefficient (Wildman–Crippen LogP) is -8.53. The molecule has 0 spiro atoms. The molecule has 1 aliphatic heterocycles. The summed E-state index contributed by atoms with van der Waals surface area (Å²) in [4.78, 5) is 2.79. The van der Waals surface area contributed by atoms with Gasteiger partial charge in [-0.3, -0.25) is 4.90 Å². The van der Waals surface area contributed by atoms with Crippen LogP contribution in [0.1, 0.15) is 0 Å². The van der Waals surface area contributed by atoms with E-state index in [0.29, 0.717) is 6.54 Å². The molecule has 0 radical (unpaired) electrons. The van der Waals surface area contributed by atoms with Crippen molar-refractivity contribution in [2.24, 2.45) is 0 Å². The van der Waals surface area contributed by atoms with Crippen LogP contribution in [0, 0.1) is 0 Å². The quantitative estimate of drug-likeness (QED) is 0.431. The van der Waals surface area contributed by atoms with E-state index in [0.717, 1.165) is 31.9 Å². The van der Waals surface area contributed by atoms with Gasteiger partial charge in [0.05, 0.1) is 13.7 Å². The normalized spacial score (nSPS) is 22.6. The molecule has 1 aliphatic rings. The van der Waals surface area contributed by atoms with Gasteiger partial charge in [0.1, 0.15) is 38.8 Å². The van der Waals surface area contributed by atoms with Crippen LogP contribution in [0.3, 0.4) is 0 Å². The van der Waals surface area contributed by atoms with E-state index in [1.807, 2.05) is 18.2 Å². The minimum Gasteiger partial charge on any atom is -1.00 e. The second-order valence-corrected chi connectivity index (χ2v) is 5.09. The molecule has 122 valence electrons. The van der Waals surface area contributed by atoms with Gasteiger partial charge < -0.3 is 44.7 Å². The molecule has 1 fully saturated rings. The van der Waals surface area contributed by atoms with Crippen molar-refractivity contribution in [3.05, 3.63) is 24.3 Å². The first kappa shape index (κ1) is 20.4. The fourth-order valence-electron chi connectivity index (χ4n) is 2.71. The second-order valence-electron chi connectivity index (χ2n) is 5.09. The number of methoxy groups -OCH3 is 1. The molecular weight excluding hydrogens is 315 g/mol. The summed E-state index contributed by atoms with van der Waals surface area (Å²) in [5.74, 6) is 0.941. The average molecular weight is 339 g/mol. The van der Waals surface area contributed by atoms with Crippen molar-refractivity contribution < 1.29 is 49.6 Å². The van der Waals surface area contributed by atoms with Gasteiger partial charge in [-0.1, -0.05) is 12.1 Å². The summed E-state index contributed by atoms with van der Waals surface area (Å²) in [6.07, 6.45) is -0.595. The van der Waals surface area contributed by atoms with E-state index in [1.54, 1.807) is 7.11 Å². The number of piperazine rings is 1. The van der Waals surface area contributed by atoms with Crippen LogP contribution in [0.2, 0.25) is 0 Å². The number of nitrogens with one attached hydrogen (secondary N) is 2. The van der Waals surface area contributed by atoms with Crippen LogP contribution in [0.15, 0.2) is 24.3 Å². The van der Waals surface area contributed by atoms with Gasteiger partial charge in [0.25, 0.3) is 0 Å². The van der Waals surface area contributed by atoms with Gasteiger partial charge in [-0.05, 0) is 6.07 Å². The van der Waals surface area contributed by atoms with Crippen LogP contribution in [-0.4, -0.2) is 62.8 Å². The number of rotatable bonds is 5. The first-order valence-corrected chi connectivity index (χ1v) is 6.85.